The van der Waals surface area contributed by atoms with Crippen molar-refractivity contribution in [2.75, 3.05) is 5.32 Å². The van der Waals surface area contributed by atoms with E-state index in [-0.39, 0.29) is 18.0 Å². The molecule has 2 heterocycles. The monoisotopic (exact) mass is 372 g/mol. The summed E-state index contributed by atoms with van der Waals surface area (Å²) in [5, 5.41) is 8.05. The van der Waals surface area contributed by atoms with E-state index in [9.17, 15) is 13.6 Å². The molecule has 3 aromatic rings. The smallest absolute Gasteiger partial charge is 0.387 e. The van der Waals surface area contributed by atoms with Crippen molar-refractivity contribution in [2.24, 2.45) is 0 Å². The molecule has 1 amide bonds. The van der Waals surface area contributed by atoms with Gasteiger partial charge in [-0.2, -0.15) is 13.9 Å². The summed E-state index contributed by atoms with van der Waals surface area (Å²) < 4.78 is 31.0. The fourth-order valence-corrected chi connectivity index (χ4v) is 3.25. The number of carbonyl (C=O) groups is 1. The van der Waals surface area contributed by atoms with E-state index < -0.39 is 12.5 Å². The average Bonchev–Trinajstić information content (AvgIpc) is 3.42. The van der Waals surface area contributed by atoms with Crippen molar-refractivity contribution in [3.05, 3.63) is 47.8 Å². The van der Waals surface area contributed by atoms with Crippen LogP contribution in [0.15, 0.2) is 36.5 Å². The molecule has 0 spiro atoms. The van der Waals surface area contributed by atoms with E-state index in [1.165, 1.54) is 17.7 Å². The minimum atomic E-state index is -2.97. The number of carbonyl (C=O) groups excluding carboxylic acids is 1. The van der Waals surface area contributed by atoms with Gasteiger partial charge in [0.25, 0.3) is 0 Å². The SMILES string of the molecule is Cc1nn(CC(=O)Nc2ccccc2OC(F)F)c2nccc(C3CC3)c12. The second-order valence-corrected chi connectivity index (χ2v) is 6.54. The zero-order valence-corrected chi connectivity index (χ0v) is 14.7. The number of pyridine rings is 1. The first kappa shape index (κ1) is 17.4. The summed E-state index contributed by atoms with van der Waals surface area (Å²) in [7, 11) is 0. The maximum atomic E-state index is 12.5. The van der Waals surface area contributed by atoms with E-state index in [4.69, 9.17) is 0 Å². The minimum absolute atomic E-state index is 0.0749. The van der Waals surface area contributed by atoms with Crippen LogP contribution in [0.25, 0.3) is 11.0 Å². The topological polar surface area (TPSA) is 69.0 Å². The number of anilines is 1. The molecule has 0 radical (unpaired) electrons. The van der Waals surface area contributed by atoms with Gasteiger partial charge >= 0.3 is 6.61 Å². The van der Waals surface area contributed by atoms with Gasteiger partial charge in [-0.3, -0.25) is 4.79 Å². The Labute approximate surface area is 154 Å². The first-order chi connectivity index (χ1) is 13.0. The third-order valence-corrected chi connectivity index (χ3v) is 4.53. The van der Waals surface area contributed by atoms with Crippen LogP contribution in [-0.2, 0) is 11.3 Å². The second-order valence-electron chi connectivity index (χ2n) is 6.54. The molecule has 8 heteroatoms. The maximum Gasteiger partial charge on any atom is 0.387 e. The van der Waals surface area contributed by atoms with Gasteiger partial charge in [-0.05, 0) is 49.4 Å². The second kappa shape index (κ2) is 6.94. The number of aryl methyl sites for hydroxylation is 1. The van der Waals surface area contributed by atoms with Gasteiger partial charge in [0.15, 0.2) is 5.65 Å². The van der Waals surface area contributed by atoms with Crippen molar-refractivity contribution in [1.29, 1.82) is 0 Å². The lowest BCUT2D eigenvalue weighted by Gasteiger charge is -2.11. The van der Waals surface area contributed by atoms with E-state index >= 15 is 0 Å². The van der Waals surface area contributed by atoms with Crippen LogP contribution in [0, 0.1) is 6.92 Å². The number of aromatic nitrogens is 3. The number of hydrogen-bond donors (Lipinski definition) is 1. The first-order valence-electron chi connectivity index (χ1n) is 8.68. The standard InChI is InChI=1S/C19H18F2N4O2/c1-11-17-13(12-6-7-12)8-9-22-18(17)25(24-11)10-16(26)23-14-4-2-3-5-15(14)27-19(20)21/h2-5,8-9,12,19H,6-7,10H2,1H3,(H,23,26). The van der Waals surface area contributed by atoms with Gasteiger partial charge in [0.05, 0.1) is 11.4 Å². The van der Waals surface area contributed by atoms with Crippen LogP contribution in [0.5, 0.6) is 5.75 Å². The Morgan fingerprint density at radius 3 is 2.85 bits per heavy atom. The molecule has 1 aromatic carbocycles. The Kier molecular flexibility index (Phi) is 4.47. The highest BCUT2D eigenvalue weighted by Crippen LogP contribution is 2.43. The van der Waals surface area contributed by atoms with Crippen molar-refractivity contribution >= 4 is 22.6 Å². The number of nitrogens with zero attached hydrogens (tertiary/aromatic N) is 3. The number of halogens is 2. The van der Waals surface area contributed by atoms with E-state index in [0.717, 1.165) is 23.9 Å². The molecule has 1 saturated carbocycles. The largest absolute Gasteiger partial charge is 0.433 e. The molecule has 1 aliphatic carbocycles. The molecule has 1 N–H and O–H groups in total. The molecule has 0 aliphatic heterocycles. The quantitative estimate of drug-likeness (QED) is 0.713. The molecule has 1 fully saturated rings. The summed E-state index contributed by atoms with van der Waals surface area (Å²) in [5.74, 6) is 0.0545. The van der Waals surface area contributed by atoms with Crippen molar-refractivity contribution in [3.8, 4) is 5.75 Å². The number of hydrogen-bond acceptors (Lipinski definition) is 4. The molecule has 6 nitrogen and oxygen atoms in total. The van der Waals surface area contributed by atoms with Gasteiger partial charge in [0.1, 0.15) is 12.3 Å². The number of para-hydroxylation sites is 2. The molecule has 0 atom stereocenters. The summed E-state index contributed by atoms with van der Waals surface area (Å²) in [4.78, 5) is 16.8. The molecule has 0 bridgehead atoms. The van der Waals surface area contributed by atoms with Gasteiger partial charge in [-0.1, -0.05) is 12.1 Å². The lowest BCUT2D eigenvalue weighted by Crippen LogP contribution is -2.20. The molecule has 140 valence electrons. The first-order valence-corrected chi connectivity index (χ1v) is 8.68. The highest BCUT2D eigenvalue weighted by Gasteiger charge is 2.27. The minimum Gasteiger partial charge on any atom is -0.433 e. The molecule has 4 rings (SSSR count). The molecule has 1 aliphatic rings. The normalized spacial score (nSPS) is 13.9. The van der Waals surface area contributed by atoms with Crippen molar-refractivity contribution in [1.82, 2.24) is 14.8 Å². The van der Waals surface area contributed by atoms with Gasteiger partial charge < -0.3 is 10.1 Å². The Balaban J connectivity index is 1.57. The van der Waals surface area contributed by atoms with Crippen LogP contribution in [0.2, 0.25) is 0 Å². The number of amides is 1. The Hall–Kier alpha value is -3.03. The number of alkyl halides is 2. The highest BCUT2D eigenvalue weighted by molar-refractivity contribution is 5.93. The molecule has 0 saturated heterocycles. The summed E-state index contributed by atoms with van der Waals surface area (Å²) in [6.45, 7) is -1.14. The summed E-state index contributed by atoms with van der Waals surface area (Å²) in [6.07, 6.45) is 4.05. The molecular formula is C19H18F2N4O2. The van der Waals surface area contributed by atoms with E-state index in [2.05, 4.69) is 20.1 Å². The zero-order chi connectivity index (χ0) is 19.0. The third kappa shape index (κ3) is 3.60. The third-order valence-electron chi connectivity index (χ3n) is 4.53. The Bertz CT molecular complexity index is 999. The number of rotatable bonds is 6. The van der Waals surface area contributed by atoms with Crippen LogP contribution >= 0.6 is 0 Å². The van der Waals surface area contributed by atoms with Crippen LogP contribution < -0.4 is 10.1 Å². The zero-order valence-electron chi connectivity index (χ0n) is 14.7. The Morgan fingerprint density at radius 1 is 1.33 bits per heavy atom. The Morgan fingerprint density at radius 2 is 2.11 bits per heavy atom. The fourth-order valence-electron chi connectivity index (χ4n) is 3.25. The average molecular weight is 372 g/mol. The van der Waals surface area contributed by atoms with Crippen molar-refractivity contribution < 1.29 is 18.3 Å². The lowest BCUT2D eigenvalue weighted by atomic mass is 10.1. The number of nitrogens with one attached hydrogen (secondary N) is 1. The summed E-state index contributed by atoms with van der Waals surface area (Å²) >= 11 is 0. The van der Waals surface area contributed by atoms with Crippen LogP contribution in [0.3, 0.4) is 0 Å². The van der Waals surface area contributed by atoms with Crippen molar-refractivity contribution in [2.45, 2.75) is 38.8 Å². The molecule has 0 unspecified atom stereocenters. The van der Waals surface area contributed by atoms with Crippen LogP contribution in [0.4, 0.5) is 14.5 Å². The fraction of sp³-hybridized carbons (Fsp3) is 0.316. The van der Waals surface area contributed by atoms with Gasteiger partial charge in [-0.25, -0.2) is 9.67 Å². The van der Waals surface area contributed by atoms with Crippen LogP contribution in [0.1, 0.15) is 30.0 Å². The predicted octanol–water partition coefficient (Wildman–Crippen LogP) is 3.86. The van der Waals surface area contributed by atoms with E-state index in [0.29, 0.717) is 11.6 Å². The van der Waals surface area contributed by atoms with E-state index in [1.807, 2.05) is 13.0 Å². The van der Waals surface area contributed by atoms with E-state index in [1.54, 1.807) is 23.0 Å². The lowest BCUT2D eigenvalue weighted by molar-refractivity contribution is -0.116. The molecule has 2 aromatic heterocycles. The number of ether oxygens (including phenoxy) is 1. The maximum absolute atomic E-state index is 12.5. The number of fused-ring (bicyclic) bond motifs is 1. The summed E-state index contributed by atoms with van der Waals surface area (Å²) in [5.41, 5.74) is 2.89. The summed E-state index contributed by atoms with van der Waals surface area (Å²) in [6, 6.07) is 8.08. The van der Waals surface area contributed by atoms with Crippen molar-refractivity contribution in [3.63, 3.8) is 0 Å². The number of benzene rings is 1. The molecular weight excluding hydrogens is 354 g/mol. The molecule has 27 heavy (non-hydrogen) atoms. The predicted molar refractivity (Wildman–Crippen MR) is 95.9 cm³/mol. The van der Waals surface area contributed by atoms with Crippen LogP contribution in [-0.4, -0.2) is 27.3 Å². The van der Waals surface area contributed by atoms with Gasteiger partial charge in [0, 0.05) is 11.6 Å². The highest BCUT2D eigenvalue weighted by atomic mass is 19.3. The van der Waals surface area contributed by atoms with Gasteiger partial charge in [-0.15, -0.1) is 0 Å². The van der Waals surface area contributed by atoms with Gasteiger partial charge in [0.2, 0.25) is 5.91 Å².